The number of benzene rings is 2. The molecule has 6 rings (SSSR count). The second-order valence-corrected chi connectivity index (χ2v) is 10.7. The molecule has 1 amide bonds. The normalized spacial score (nSPS) is 16.6. The van der Waals surface area contributed by atoms with Gasteiger partial charge in [0.25, 0.3) is 5.91 Å². The Labute approximate surface area is 238 Å². The summed E-state index contributed by atoms with van der Waals surface area (Å²) in [6.07, 6.45) is 8.13. The number of H-pyrrole nitrogens is 2. The summed E-state index contributed by atoms with van der Waals surface area (Å²) in [5, 5.41) is 7.13. The lowest BCUT2D eigenvalue weighted by Crippen LogP contribution is -2.46. The summed E-state index contributed by atoms with van der Waals surface area (Å²) in [7, 11) is 1.65. The summed E-state index contributed by atoms with van der Waals surface area (Å²) < 4.78 is 20.1. The van der Waals surface area contributed by atoms with E-state index < -0.39 is 11.7 Å². The fraction of sp³-hybridized carbons (Fsp3) is 0.367. The molecule has 10 nitrogen and oxygen atoms in total. The largest absolute Gasteiger partial charge is 0.493 e. The smallest absolute Gasteiger partial charge is 0.351 e. The van der Waals surface area contributed by atoms with Gasteiger partial charge in [0.15, 0.2) is 5.75 Å². The Bertz CT molecular complexity index is 1540. The van der Waals surface area contributed by atoms with Crippen LogP contribution in [0, 0.1) is 5.82 Å². The molecular formula is C30H36FN8O2+. The first-order chi connectivity index (χ1) is 20.0. The second kappa shape index (κ2) is 11.6. The maximum atomic E-state index is 14.4. The summed E-state index contributed by atoms with van der Waals surface area (Å²) >= 11 is 0. The Morgan fingerprint density at radius 1 is 1.07 bits per heavy atom. The SMILES string of the molecule is COc1cc(N2CCC(N3CCCCC3)CC2)ccc1Nc1nc(Nc2cccc(F)c2C(N)=O)c2cc[nH]c2[nH+]1. The molecule has 6 N–H and O–H groups in total. The van der Waals surface area contributed by atoms with Crippen LogP contribution in [0.4, 0.5) is 33.2 Å². The van der Waals surface area contributed by atoms with Crippen molar-refractivity contribution in [3.05, 3.63) is 60.0 Å². The van der Waals surface area contributed by atoms with E-state index in [1.54, 1.807) is 19.4 Å². The van der Waals surface area contributed by atoms with E-state index in [4.69, 9.17) is 15.5 Å². The number of hydrogen-bond acceptors (Lipinski definition) is 7. The van der Waals surface area contributed by atoms with Crippen molar-refractivity contribution < 1.29 is 18.9 Å². The lowest BCUT2D eigenvalue weighted by atomic mass is 9.99. The molecule has 0 atom stereocenters. The van der Waals surface area contributed by atoms with Crippen LogP contribution in [0.5, 0.6) is 5.75 Å². The molecule has 0 aliphatic carbocycles. The first-order valence-corrected chi connectivity index (χ1v) is 14.2. The Morgan fingerprint density at radius 3 is 2.63 bits per heavy atom. The number of methoxy groups -OCH3 is 1. The van der Waals surface area contributed by atoms with Gasteiger partial charge in [0.2, 0.25) is 11.5 Å². The number of likely N-dealkylation sites (tertiary alicyclic amines) is 1. The van der Waals surface area contributed by atoms with Crippen LogP contribution in [0.2, 0.25) is 0 Å². The van der Waals surface area contributed by atoms with E-state index in [1.807, 2.05) is 12.1 Å². The van der Waals surface area contributed by atoms with Crippen LogP contribution in [-0.4, -0.2) is 60.1 Å². The molecule has 11 heteroatoms. The Hall–Kier alpha value is -4.38. The van der Waals surface area contributed by atoms with Crippen molar-refractivity contribution in [1.82, 2.24) is 14.9 Å². The molecule has 2 fully saturated rings. The highest BCUT2D eigenvalue weighted by atomic mass is 19.1. The maximum Gasteiger partial charge on any atom is 0.351 e. The minimum absolute atomic E-state index is 0.224. The van der Waals surface area contributed by atoms with Crippen LogP contribution < -0.4 is 31.0 Å². The average Bonchev–Trinajstić information content (AvgIpc) is 3.47. The van der Waals surface area contributed by atoms with Crippen molar-refractivity contribution in [2.75, 3.05) is 48.8 Å². The fourth-order valence-corrected chi connectivity index (χ4v) is 6.03. The number of carbonyl (C=O) groups is 1. The number of aromatic amines is 2. The first-order valence-electron chi connectivity index (χ1n) is 14.2. The van der Waals surface area contributed by atoms with Crippen LogP contribution >= 0.6 is 0 Å². The van der Waals surface area contributed by atoms with E-state index in [-0.39, 0.29) is 11.3 Å². The number of primary amides is 1. The third kappa shape index (κ3) is 5.62. The molecule has 214 valence electrons. The summed E-state index contributed by atoms with van der Waals surface area (Å²) in [4.78, 5) is 28.1. The second-order valence-electron chi connectivity index (χ2n) is 10.7. The van der Waals surface area contributed by atoms with Gasteiger partial charge in [-0.3, -0.25) is 15.1 Å². The molecule has 0 unspecified atom stereocenters. The van der Waals surface area contributed by atoms with Crippen molar-refractivity contribution >= 4 is 45.8 Å². The molecular weight excluding hydrogens is 523 g/mol. The van der Waals surface area contributed by atoms with E-state index in [9.17, 15) is 9.18 Å². The summed E-state index contributed by atoms with van der Waals surface area (Å²) in [6.45, 7) is 4.53. The van der Waals surface area contributed by atoms with Crippen molar-refractivity contribution in [1.29, 1.82) is 0 Å². The molecule has 0 spiro atoms. The van der Waals surface area contributed by atoms with Gasteiger partial charge < -0.3 is 25.6 Å². The van der Waals surface area contributed by atoms with Crippen LogP contribution in [-0.2, 0) is 0 Å². The maximum absolute atomic E-state index is 14.4. The number of halogens is 1. The van der Waals surface area contributed by atoms with Crippen molar-refractivity contribution in [2.24, 2.45) is 5.73 Å². The number of ether oxygens (including phenoxy) is 1. The monoisotopic (exact) mass is 559 g/mol. The van der Waals surface area contributed by atoms with Crippen molar-refractivity contribution in [3.63, 3.8) is 0 Å². The molecule has 2 saturated heterocycles. The lowest BCUT2D eigenvalue weighted by molar-refractivity contribution is -0.333. The molecule has 0 radical (unpaired) electrons. The van der Waals surface area contributed by atoms with Crippen molar-refractivity contribution in [2.45, 2.75) is 38.1 Å². The highest BCUT2D eigenvalue weighted by Crippen LogP contribution is 2.34. The summed E-state index contributed by atoms with van der Waals surface area (Å²) in [5.74, 6) is -0.0276. The number of nitrogens with two attached hydrogens (primary N) is 1. The number of hydrogen-bond donors (Lipinski definition) is 4. The van der Waals surface area contributed by atoms with E-state index in [0.29, 0.717) is 29.2 Å². The van der Waals surface area contributed by atoms with E-state index >= 15 is 0 Å². The Balaban J connectivity index is 1.21. The molecule has 2 aromatic heterocycles. The van der Waals surface area contributed by atoms with Crippen LogP contribution in [0.3, 0.4) is 0 Å². The number of amides is 1. The van der Waals surface area contributed by atoms with Gasteiger partial charge in [-0.1, -0.05) is 17.5 Å². The minimum atomic E-state index is -0.864. The third-order valence-electron chi connectivity index (χ3n) is 8.16. The fourth-order valence-electron chi connectivity index (χ4n) is 6.03. The molecule has 2 aliphatic heterocycles. The number of nitrogens with one attached hydrogen (secondary N) is 4. The zero-order valence-electron chi connectivity index (χ0n) is 23.2. The number of piperidine rings is 2. The average molecular weight is 560 g/mol. The first kappa shape index (κ1) is 26.8. The van der Waals surface area contributed by atoms with Gasteiger partial charge in [-0.2, -0.15) is 0 Å². The highest BCUT2D eigenvalue weighted by Gasteiger charge is 2.26. The van der Waals surface area contributed by atoms with E-state index in [0.717, 1.165) is 29.9 Å². The van der Waals surface area contributed by atoms with Gasteiger partial charge in [0.1, 0.15) is 11.5 Å². The number of fused-ring (bicyclic) bond motifs is 1. The number of rotatable bonds is 8. The standard InChI is InChI=1S/C30H35FN8O2/c1-41-25-18-20(39-16-11-19(12-17-39)38-14-3-2-4-15-38)8-9-23(25)35-30-36-28-21(10-13-33-28)29(37-30)34-24-7-5-6-22(31)26(24)27(32)40/h5-10,13,18-19H,2-4,11-12,14-17H2,1H3,(H2,32,40)(H3,33,34,35,36,37)/p+1. The molecule has 2 aromatic carbocycles. The van der Waals surface area contributed by atoms with E-state index in [1.165, 1.54) is 57.3 Å². The molecule has 4 aromatic rings. The zero-order chi connectivity index (χ0) is 28.3. The van der Waals surface area contributed by atoms with Gasteiger partial charge in [-0.05, 0) is 69.1 Å². The Morgan fingerprint density at radius 2 is 1.88 bits per heavy atom. The zero-order valence-corrected chi connectivity index (χ0v) is 23.2. The van der Waals surface area contributed by atoms with Crippen LogP contribution in [0.15, 0.2) is 48.7 Å². The highest BCUT2D eigenvalue weighted by molar-refractivity contribution is 6.00. The number of anilines is 5. The number of nitrogens with zero attached hydrogens (tertiary/aromatic N) is 3. The molecule has 2 aliphatic rings. The molecule has 0 saturated carbocycles. The van der Waals surface area contributed by atoms with Gasteiger partial charge in [0.05, 0.1) is 23.7 Å². The molecule has 41 heavy (non-hydrogen) atoms. The quantitative estimate of drug-likeness (QED) is 0.249. The third-order valence-corrected chi connectivity index (χ3v) is 8.16. The van der Waals surface area contributed by atoms with Crippen LogP contribution in [0.25, 0.3) is 11.0 Å². The van der Waals surface area contributed by atoms with Gasteiger partial charge in [-0.15, -0.1) is 0 Å². The summed E-state index contributed by atoms with van der Waals surface area (Å²) in [5.41, 5.74) is 8.02. The predicted molar refractivity (Wildman–Crippen MR) is 158 cm³/mol. The summed E-state index contributed by atoms with van der Waals surface area (Å²) in [6, 6.07) is 13.0. The topological polar surface area (TPSA) is 126 Å². The van der Waals surface area contributed by atoms with Crippen LogP contribution in [0.1, 0.15) is 42.5 Å². The van der Waals surface area contributed by atoms with E-state index in [2.05, 4.69) is 42.5 Å². The number of carbonyl (C=O) groups excluding carboxylic acids is 1. The minimum Gasteiger partial charge on any atom is -0.493 e. The lowest BCUT2D eigenvalue weighted by Gasteiger charge is -2.41. The Kier molecular flexibility index (Phi) is 7.60. The molecule has 4 heterocycles. The van der Waals surface area contributed by atoms with Gasteiger partial charge >= 0.3 is 5.95 Å². The van der Waals surface area contributed by atoms with Crippen molar-refractivity contribution in [3.8, 4) is 5.75 Å². The van der Waals surface area contributed by atoms with Gasteiger partial charge in [0, 0.05) is 37.1 Å². The predicted octanol–water partition coefficient (Wildman–Crippen LogP) is 4.57. The molecule has 0 bridgehead atoms. The van der Waals surface area contributed by atoms with Gasteiger partial charge in [-0.25, -0.2) is 9.37 Å². The number of aromatic nitrogens is 3.